The Kier molecular flexibility index (Phi) is 3.68. The van der Waals surface area contributed by atoms with E-state index in [9.17, 15) is 4.79 Å². The van der Waals surface area contributed by atoms with Crippen LogP contribution < -0.4 is 10.1 Å². The van der Waals surface area contributed by atoms with Gasteiger partial charge in [0.05, 0.1) is 11.2 Å². The lowest BCUT2D eigenvalue weighted by atomic mass is 9.98. The van der Waals surface area contributed by atoms with Crippen LogP contribution in [0.1, 0.15) is 21.6 Å². The number of fused-ring (bicyclic) bond motifs is 2. The molecule has 0 radical (unpaired) electrons. The molecule has 4 aromatic rings. The van der Waals surface area contributed by atoms with Crippen LogP contribution in [0.4, 0.5) is 0 Å². The fourth-order valence-electron chi connectivity index (χ4n) is 3.60. The summed E-state index contributed by atoms with van der Waals surface area (Å²) in [6, 6.07) is 11.9. The lowest BCUT2D eigenvalue weighted by molar-refractivity contribution is 0.0966. The average Bonchev–Trinajstić information content (AvgIpc) is 3.36. The predicted molar refractivity (Wildman–Crippen MR) is 105 cm³/mol. The van der Waals surface area contributed by atoms with E-state index in [0.717, 1.165) is 39.0 Å². The second-order valence-electron chi connectivity index (χ2n) is 7.03. The first-order valence-corrected chi connectivity index (χ1v) is 9.07. The summed E-state index contributed by atoms with van der Waals surface area (Å²) in [7, 11) is 3.78. The maximum absolute atomic E-state index is 12.2. The van der Waals surface area contributed by atoms with Crippen LogP contribution in [0.3, 0.4) is 0 Å². The van der Waals surface area contributed by atoms with E-state index in [1.54, 1.807) is 9.36 Å². The first kappa shape index (κ1) is 16.6. The molecule has 140 valence electrons. The van der Waals surface area contributed by atoms with Crippen molar-refractivity contribution in [3.05, 3.63) is 65.6 Å². The first-order chi connectivity index (χ1) is 13.6. The number of carbonyl (C=O) groups excluding carboxylic acids is 1. The fraction of sp³-hybridized carbons (Fsp3) is 0.190. The van der Waals surface area contributed by atoms with Crippen LogP contribution in [0.2, 0.25) is 0 Å². The van der Waals surface area contributed by atoms with Crippen LogP contribution in [0.15, 0.2) is 48.8 Å². The topological polar surface area (TPSA) is 74.0 Å². The number of aryl methyl sites for hydroxylation is 2. The van der Waals surface area contributed by atoms with E-state index < -0.39 is 0 Å². The van der Waals surface area contributed by atoms with Gasteiger partial charge < -0.3 is 10.1 Å². The Morgan fingerprint density at radius 2 is 1.96 bits per heavy atom. The molecule has 0 unspecified atom stereocenters. The number of amides is 1. The minimum atomic E-state index is -0.0463. The third kappa shape index (κ3) is 2.81. The number of nitrogens with one attached hydrogen (secondary N) is 1. The molecule has 0 saturated heterocycles. The maximum Gasteiger partial charge on any atom is 0.251 e. The van der Waals surface area contributed by atoms with E-state index >= 15 is 0 Å². The first-order valence-electron chi connectivity index (χ1n) is 9.07. The molecule has 0 saturated carbocycles. The standard InChI is InChI=1S/C21H19N5O2/c1-25-6-5-16(23-25)12-28-20-8-14-10-22-21(27)18(14)9-17(20)13-3-4-19-15(7-13)11-26(2)24-19/h3-9,11H,10,12H2,1-2H3,(H,22,27). The van der Waals surface area contributed by atoms with Gasteiger partial charge in [-0.1, -0.05) is 6.07 Å². The Balaban J connectivity index is 1.59. The molecule has 7 nitrogen and oxygen atoms in total. The molecular formula is C21H19N5O2. The number of aromatic nitrogens is 4. The summed E-state index contributed by atoms with van der Waals surface area (Å²) in [5.41, 5.74) is 5.31. The molecule has 0 spiro atoms. The second kappa shape index (κ2) is 6.23. The SMILES string of the molecule is Cn1ccc(COc2cc3c(cc2-c2ccc4nn(C)cc4c2)C(=O)NC3)n1. The quantitative estimate of drug-likeness (QED) is 0.597. The number of hydrogen-bond acceptors (Lipinski definition) is 4. The number of hydrogen-bond donors (Lipinski definition) is 1. The molecule has 0 aliphatic carbocycles. The Bertz CT molecular complexity index is 1220. The summed E-state index contributed by atoms with van der Waals surface area (Å²) in [6.45, 7) is 0.888. The molecule has 7 heteroatoms. The largest absolute Gasteiger partial charge is 0.487 e. The summed E-state index contributed by atoms with van der Waals surface area (Å²) >= 11 is 0. The minimum absolute atomic E-state index is 0.0463. The molecule has 28 heavy (non-hydrogen) atoms. The molecule has 1 aliphatic heterocycles. The number of rotatable bonds is 4. The molecule has 2 aromatic heterocycles. The zero-order valence-electron chi connectivity index (χ0n) is 15.6. The van der Waals surface area contributed by atoms with Crippen molar-refractivity contribution in [3.63, 3.8) is 0 Å². The third-order valence-electron chi connectivity index (χ3n) is 4.96. The summed E-state index contributed by atoms with van der Waals surface area (Å²) in [5.74, 6) is 0.694. The van der Waals surface area contributed by atoms with Gasteiger partial charge in [-0.3, -0.25) is 14.2 Å². The molecule has 5 rings (SSSR count). The molecule has 0 atom stereocenters. The highest BCUT2D eigenvalue weighted by atomic mass is 16.5. The van der Waals surface area contributed by atoms with E-state index in [2.05, 4.69) is 21.6 Å². The van der Waals surface area contributed by atoms with E-state index in [0.29, 0.717) is 18.7 Å². The van der Waals surface area contributed by atoms with Crippen molar-refractivity contribution >= 4 is 16.8 Å². The highest BCUT2D eigenvalue weighted by Crippen LogP contribution is 2.36. The average molecular weight is 373 g/mol. The summed E-state index contributed by atoms with van der Waals surface area (Å²) < 4.78 is 9.68. The van der Waals surface area contributed by atoms with Crippen molar-refractivity contribution in [1.82, 2.24) is 24.9 Å². The zero-order valence-corrected chi connectivity index (χ0v) is 15.6. The van der Waals surface area contributed by atoms with Gasteiger partial charge in [-0.05, 0) is 41.5 Å². The van der Waals surface area contributed by atoms with Crippen molar-refractivity contribution in [2.24, 2.45) is 14.1 Å². The summed E-state index contributed by atoms with van der Waals surface area (Å²) in [6.07, 6.45) is 3.87. The fourth-order valence-corrected chi connectivity index (χ4v) is 3.60. The Morgan fingerprint density at radius 1 is 1.07 bits per heavy atom. The molecule has 3 heterocycles. The summed E-state index contributed by atoms with van der Waals surface area (Å²) in [4.78, 5) is 12.2. The Morgan fingerprint density at radius 3 is 2.79 bits per heavy atom. The van der Waals surface area contributed by atoms with Gasteiger partial charge in [0.15, 0.2) is 0 Å². The number of ether oxygens (including phenoxy) is 1. The van der Waals surface area contributed by atoms with Gasteiger partial charge in [-0.25, -0.2) is 0 Å². The van der Waals surface area contributed by atoms with Crippen LogP contribution in [0, 0.1) is 0 Å². The van der Waals surface area contributed by atoms with E-state index in [1.807, 2.05) is 56.8 Å². The van der Waals surface area contributed by atoms with Crippen LogP contribution in [0.25, 0.3) is 22.0 Å². The van der Waals surface area contributed by atoms with Crippen molar-refractivity contribution in [3.8, 4) is 16.9 Å². The van der Waals surface area contributed by atoms with Gasteiger partial charge in [-0.15, -0.1) is 0 Å². The normalized spacial score (nSPS) is 13.0. The maximum atomic E-state index is 12.2. The molecule has 1 amide bonds. The third-order valence-corrected chi connectivity index (χ3v) is 4.96. The lowest BCUT2D eigenvalue weighted by Gasteiger charge is -2.13. The highest BCUT2D eigenvalue weighted by molar-refractivity contribution is 6.00. The molecule has 1 N–H and O–H groups in total. The van der Waals surface area contributed by atoms with Gasteiger partial charge in [0.2, 0.25) is 0 Å². The molecular weight excluding hydrogens is 354 g/mol. The lowest BCUT2D eigenvalue weighted by Crippen LogP contribution is -2.12. The smallest absolute Gasteiger partial charge is 0.251 e. The van der Waals surface area contributed by atoms with Crippen molar-refractivity contribution < 1.29 is 9.53 Å². The van der Waals surface area contributed by atoms with Crippen molar-refractivity contribution in [1.29, 1.82) is 0 Å². The number of nitrogens with zero attached hydrogens (tertiary/aromatic N) is 4. The number of carbonyl (C=O) groups is 1. The van der Waals surface area contributed by atoms with Crippen LogP contribution in [-0.4, -0.2) is 25.5 Å². The van der Waals surface area contributed by atoms with Gasteiger partial charge in [0.1, 0.15) is 12.4 Å². The van der Waals surface area contributed by atoms with E-state index in [-0.39, 0.29) is 5.91 Å². The van der Waals surface area contributed by atoms with Crippen LogP contribution >= 0.6 is 0 Å². The second-order valence-corrected chi connectivity index (χ2v) is 7.03. The predicted octanol–water partition coefficient (Wildman–Crippen LogP) is 2.80. The van der Waals surface area contributed by atoms with Crippen molar-refractivity contribution in [2.45, 2.75) is 13.2 Å². The van der Waals surface area contributed by atoms with Gasteiger partial charge in [0, 0.05) is 49.5 Å². The van der Waals surface area contributed by atoms with Gasteiger partial charge in [-0.2, -0.15) is 10.2 Å². The molecule has 2 aromatic carbocycles. The Hall–Kier alpha value is -3.61. The van der Waals surface area contributed by atoms with Crippen LogP contribution in [-0.2, 0) is 27.2 Å². The van der Waals surface area contributed by atoms with Crippen LogP contribution in [0.5, 0.6) is 5.75 Å². The molecule has 0 fully saturated rings. The highest BCUT2D eigenvalue weighted by Gasteiger charge is 2.22. The zero-order chi connectivity index (χ0) is 19.3. The molecule has 0 bridgehead atoms. The van der Waals surface area contributed by atoms with E-state index in [1.165, 1.54) is 0 Å². The minimum Gasteiger partial charge on any atom is -0.487 e. The monoisotopic (exact) mass is 373 g/mol. The van der Waals surface area contributed by atoms with Gasteiger partial charge >= 0.3 is 0 Å². The van der Waals surface area contributed by atoms with Crippen molar-refractivity contribution in [2.75, 3.05) is 0 Å². The number of benzene rings is 2. The van der Waals surface area contributed by atoms with Gasteiger partial charge in [0.25, 0.3) is 5.91 Å². The summed E-state index contributed by atoms with van der Waals surface area (Å²) in [5, 5.41) is 12.7. The molecule has 1 aliphatic rings. The Labute approximate surface area is 161 Å². The van der Waals surface area contributed by atoms with E-state index in [4.69, 9.17) is 4.74 Å².